The number of hydrogen-bond acceptors (Lipinski definition) is 5. The summed E-state index contributed by atoms with van der Waals surface area (Å²) in [5.74, 6) is -3.33. The average Bonchev–Trinajstić information content (AvgIpc) is 2.50. The largest absolute Gasteiger partial charge is 0.481 e. The molecule has 1 saturated carbocycles. The molecule has 21 heavy (non-hydrogen) atoms. The second-order valence-corrected chi connectivity index (χ2v) is 5.14. The van der Waals surface area contributed by atoms with Gasteiger partial charge in [0.15, 0.2) is 0 Å². The fourth-order valence-corrected chi connectivity index (χ4v) is 2.44. The first-order valence-corrected chi connectivity index (χ1v) is 7.22. The minimum Gasteiger partial charge on any atom is -0.481 e. The molecule has 0 spiro atoms. The molecular formula is C15H22O6. The van der Waals surface area contributed by atoms with Crippen molar-refractivity contribution in [1.82, 2.24) is 0 Å². The molecule has 6 heteroatoms. The highest BCUT2D eigenvalue weighted by Gasteiger charge is 2.37. The van der Waals surface area contributed by atoms with Crippen molar-refractivity contribution < 1.29 is 29.0 Å². The van der Waals surface area contributed by atoms with Crippen molar-refractivity contribution in [3.05, 3.63) is 12.7 Å². The average molecular weight is 298 g/mol. The molecule has 0 radical (unpaired) electrons. The molecule has 0 aliphatic heterocycles. The summed E-state index contributed by atoms with van der Waals surface area (Å²) in [7, 11) is 0. The van der Waals surface area contributed by atoms with E-state index in [1.165, 1.54) is 0 Å². The monoisotopic (exact) mass is 298 g/mol. The lowest BCUT2D eigenvalue weighted by molar-refractivity contribution is -0.164. The Kier molecular flexibility index (Phi) is 6.91. The van der Waals surface area contributed by atoms with E-state index >= 15 is 0 Å². The Bertz CT molecular complexity index is 403. The Morgan fingerprint density at radius 2 is 1.90 bits per heavy atom. The summed E-state index contributed by atoms with van der Waals surface area (Å²) in [6, 6.07) is 0. The molecule has 1 rings (SSSR count). The van der Waals surface area contributed by atoms with E-state index < -0.39 is 35.8 Å². The highest BCUT2D eigenvalue weighted by Crippen LogP contribution is 2.31. The predicted molar refractivity (Wildman–Crippen MR) is 74.4 cm³/mol. The summed E-state index contributed by atoms with van der Waals surface area (Å²) in [6.45, 7) is 5.04. The minimum atomic E-state index is -0.957. The van der Waals surface area contributed by atoms with Crippen LogP contribution in [0.4, 0.5) is 0 Å². The molecule has 1 fully saturated rings. The van der Waals surface area contributed by atoms with Crippen molar-refractivity contribution in [2.24, 2.45) is 11.8 Å². The van der Waals surface area contributed by atoms with Gasteiger partial charge in [0, 0.05) is 6.08 Å². The van der Waals surface area contributed by atoms with E-state index in [1.807, 2.05) is 0 Å². The van der Waals surface area contributed by atoms with Gasteiger partial charge in [-0.3, -0.25) is 9.59 Å². The van der Waals surface area contributed by atoms with Crippen LogP contribution in [0.1, 0.15) is 39.0 Å². The van der Waals surface area contributed by atoms with Gasteiger partial charge in [-0.1, -0.05) is 26.3 Å². The van der Waals surface area contributed by atoms with Crippen LogP contribution in [0.15, 0.2) is 12.7 Å². The van der Waals surface area contributed by atoms with Crippen LogP contribution in [0.2, 0.25) is 0 Å². The van der Waals surface area contributed by atoms with Crippen molar-refractivity contribution in [2.45, 2.75) is 45.1 Å². The van der Waals surface area contributed by atoms with Gasteiger partial charge in [0.2, 0.25) is 0 Å². The number of carboxylic acids is 1. The first-order chi connectivity index (χ1) is 9.99. The highest BCUT2D eigenvalue weighted by atomic mass is 16.6. The first-order valence-electron chi connectivity index (χ1n) is 7.22. The van der Waals surface area contributed by atoms with Crippen LogP contribution < -0.4 is 0 Å². The maximum Gasteiger partial charge on any atom is 0.330 e. The quantitative estimate of drug-likeness (QED) is 0.570. The molecule has 0 amide bonds. The number of hydrogen-bond donors (Lipinski definition) is 1. The third-order valence-electron chi connectivity index (χ3n) is 3.70. The lowest BCUT2D eigenvalue weighted by Gasteiger charge is -2.27. The summed E-state index contributed by atoms with van der Waals surface area (Å²) in [4.78, 5) is 34.3. The van der Waals surface area contributed by atoms with E-state index in [9.17, 15) is 14.4 Å². The maximum atomic E-state index is 12.0. The van der Waals surface area contributed by atoms with Crippen LogP contribution in [-0.2, 0) is 23.9 Å². The minimum absolute atomic E-state index is 0.0578. The molecule has 0 heterocycles. The number of carboxylic acid groups (broad SMARTS) is 1. The van der Waals surface area contributed by atoms with E-state index in [0.717, 1.165) is 18.9 Å². The van der Waals surface area contributed by atoms with Crippen molar-refractivity contribution in [3.63, 3.8) is 0 Å². The Balaban J connectivity index is 2.52. The summed E-state index contributed by atoms with van der Waals surface area (Å²) < 4.78 is 10.2. The molecule has 0 aromatic carbocycles. The van der Waals surface area contributed by atoms with Gasteiger partial charge in [0.1, 0.15) is 12.7 Å². The first kappa shape index (κ1) is 17.2. The fourth-order valence-electron chi connectivity index (χ4n) is 2.44. The van der Waals surface area contributed by atoms with Gasteiger partial charge in [0.05, 0.1) is 11.8 Å². The Morgan fingerprint density at radius 3 is 2.43 bits per heavy atom. The van der Waals surface area contributed by atoms with Crippen LogP contribution in [0.3, 0.4) is 0 Å². The van der Waals surface area contributed by atoms with E-state index in [0.29, 0.717) is 19.3 Å². The molecule has 0 aromatic heterocycles. The summed E-state index contributed by atoms with van der Waals surface area (Å²) in [6.07, 6.45) is 3.68. The number of ether oxygens (including phenoxy) is 2. The third kappa shape index (κ3) is 5.21. The molecular weight excluding hydrogens is 276 g/mol. The number of rotatable bonds is 7. The zero-order chi connectivity index (χ0) is 15.8. The van der Waals surface area contributed by atoms with E-state index in [-0.39, 0.29) is 6.61 Å². The van der Waals surface area contributed by atoms with Crippen LogP contribution >= 0.6 is 0 Å². The third-order valence-corrected chi connectivity index (χ3v) is 3.70. The van der Waals surface area contributed by atoms with Crippen LogP contribution in [0.25, 0.3) is 0 Å². The summed E-state index contributed by atoms with van der Waals surface area (Å²) in [5.41, 5.74) is 0. The van der Waals surface area contributed by atoms with Gasteiger partial charge in [0.25, 0.3) is 0 Å². The molecule has 0 saturated heterocycles. The number of esters is 2. The van der Waals surface area contributed by atoms with Crippen molar-refractivity contribution in [1.29, 1.82) is 0 Å². The summed E-state index contributed by atoms with van der Waals surface area (Å²) in [5, 5.41) is 9.14. The molecule has 0 aromatic rings. The lowest BCUT2D eigenvalue weighted by Crippen LogP contribution is -2.35. The highest BCUT2D eigenvalue weighted by molar-refractivity contribution is 5.82. The lowest BCUT2D eigenvalue weighted by atomic mass is 9.79. The number of carbonyl (C=O) groups is 3. The standard InChI is InChI=1S/C15H22O6/c1-3-10(21-13(16)4-2)9-20-15(19)12-8-6-5-7-11(12)14(17)18/h4,10-12H,2-3,5-9H2,1H3,(H,17,18). The van der Waals surface area contributed by atoms with Gasteiger partial charge < -0.3 is 14.6 Å². The van der Waals surface area contributed by atoms with E-state index in [2.05, 4.69) is 6.58 Å². The van der Waals surface area contributed by atoms with Crippen LogP contribution in [-0.4, -0.2) is 35.7 Å². The molecule has 0 bridgehead atoms. The zero-order valence-electron chi connectivity index (χ0n) is 12.2. The van der Waals surface area contributed by atoms with Gasteiger partial charge in [-0.2, -0.15) is 0 Å². The van der Waals surface area contributed by atoms with Crippen molar-refractivity contribution in [2.75, 3.05) is 6.61 Å². The van der Waals surface area contributed by atoms with Crippen molar-refractivity contribution >= 4 is 17.9 Å². The van der Waals surface area contributed by atoms with Crippen LogP contribution in [0.5, 0.6) is 0 Å². The maximum absolute atomic E-state index is 12.0. The Hall–Kier alpha value is -1.85. The fraction of sp³-hybridized carbons (Fsp3) is 0.667. The predicted octanol–water partition coefficient (Wildman–Crippen LogP) is 1.93. The van der Waals surface area contributed by atoms with Crippen molar-refractivity contribution in [3.8, 4) is 0 Å². The SMILES string of the molecule is C=CC(=O)OC(CC)COC(=O)C1CCCCC1C(=O)O. The van der Waals surface area contributed by atoms with E-state index in [4.69, 9.17) is 14.6 Å². The molecule has 1 aliphatic carbocycles. The smallest absolute Gasteiger partial charge is 0.330 e. The second-order valence-electron chi connectivity index (χ2n) is 5.14. The number of carbonyl (C=O) groups excluding carboxylic acids is 2. The number of aliphatic carboxylic acids is 1. The summed E-state index contributed by atoms with van der Waals surface area (Å²) >= 11 is 0. The molecule has 1 N–H and O–H groups in total. The van der Waals surface area contributed by atoms with Gasteiger partial charge >= 0.3 is 17.9 Å². The Morgan fingerprint density at radius 1 is 1.29 bits per heavy atom. The van der Waals surface area contributed by atoms with Gasteiger partial charge in [-0.15, -0.1) is 0 Å². The molecule has 118 valence electrons. The van der Waals surface area contributed by atoms with E-state index in [1.54, 1.807) is 6.92 Å². The molecule has 6 nitrogen and oxygen atoms in total. The Labute approximate surface area is 124 Å². The molecule has 1 aliphatic rings. The van der Waals surface area contributed by atoms with Crippen LogP contribution in [0, 0.1) is 11.8 Å². The van der Waals surface area contributed by atoms with Gasteiger partial charge in [-0.25, -0.2) is 4.79 Å². The van der Waals surface area contributed by atoms with Gasteiger partial charge in [-0.05, 0) is 19.3 Å². The second kappa shape index (κ2) is 8.44. The zero-order valence-corrected chi connectivity index (χ0v) is 12.2. The normalized spacial score (nSPS) is 22.9. The molecule has 3 atom stereocenters. The topological polar surface area (TPSA) is 89.9 Å². The molecule has 3 unspecified atom stereocenters.